The van der Waals surface area contributed by atoms with Crippen molar-refractivity contribution in [3.63, 3.8) is 0 Å². The Bertz CT molecular complexity index is 714. The summed E-state index contributed by atoms with van der Waals surface area (Å²) in [7, 11) is 0. The van der Waals surface area contributed by atoms with Crippen LogP contribution in [-0.2, 0) is 25.7 Å². The molecule has 3 nitrogen and oxygen atoms in total. The van der Waals surface area contributed by atoms with E-state index in [0.29, 0.717) is 0 Å². The highest BCUT2D eigenvalue weighted by atomic mass is 15.0. The lowest BCUT2D eigenvalue weighted by Gasteiger charge is -2.19. The first-order valence-corrected chi connectivity index (χ1v) is 8.61. The van der Waals surface area contributed by atoms with Gasteiger partial charge in [0.05, 0.1) is 6.54 Å². The number of benzene rings is 1. The van der Waals surface area contributed by atoms with Crippen LogP contribution in [0, 0.1) is 11.3 Å². The van der Waals surface area contributed by atoms with Crippen molar-refractivity contribution in [1.82, 2.24) is 0 Å². The van der Waals surface area contributed by atoms with Gasteiger partial charge in [-0.3, -0.25) is 5.32 Å². The second-order valence-corrected chi connectivity index (χ2v) is 6.15. The minimum Gasteiger partial charge on any atom is -0.273 e. The predicted octanol–water partition coefficient (Wildman–Crippen LogP) is 3.47. The van der Waals surface area contributed by atoms with E-state index in [-0.39, 0.29) is 0 Å². The molecule has 1 aliphatic carbocycles. The molecule has 0 aliphatic heterocycles. The average Bonchev–Trinajstić information content (AvgIpc) is 2.61. The van der Waals surface area contributed by atoms with Crippen molar-refractivity contribution in [3.8, 4) is 6.07 Å². The van der Waals surface area contributed by atoms with Crippen LogP contribution in [0.4, 0.5) is 5.82 Å². The fourth-order valence-electron chi connectivity index (χ4n) is 3.49. The van der Waals surface area contributed by atoms with E-state index >= 15 is 0 Å². The van der Waals surface area contributed by atoms with Gasteiger partial charge in [0.15, 0.2) is 0 Å². The molecule has 1 aromatic carbocycles. The largest absolute Gasteiger partial charge is 0.290 e. The monoisotopic (exact) mass is 306 g/mol. The van der Waals surface area contributed by atoms with E-state index in [1.54, 1.807) is 0 Å². The highest BCUT2D eigenvalue weighted by molar-refractivity contribution is 5.56. The van der Waals surface area contributed by atoms with Gasteiger partial charge in [0.1, 0.15) is 17.3 Å². The van der Waals surface area contributed by atoms with E-state index in [1.807, 2.05) is 6.07 Å². The highest BCUT2D eigenvalue weighted by Gasteiger charge is 2.24. The fraction of sp³-hybridized carbons (Fsp3) is 0.400. The van der Waals surface area contributed by atoms with Crippen LogP contribution in [0.5, 0.6) is 0 Å². The predicted molar refractivity (Wildman–Crippen MR) is 92.4 cm³/mol. The van der Waals surface area contributed by atoms with Crippen LogP contribution in [0.15, 0.2) is 30.3 Å². The van der Waals surface area contributed by atoms with Gasteiger partial charge in [0, 0.05) is 12.8 Å². The number of hydrogen-bond donors (Lipinski definition) is 1. The third-order valence-corrected chi connectivity index (χ3v) is 4.68. The van der Waals surface area contributed by atoms with Gasteiger partial charge in [-0.25, -0.2) is 4.98 Å². The molecule has 1 aromatic heterocycles. The van der Waals surface area contributed by atoms with E-state index in [2.05, 4.69) is 47.6 Å². The summed E-state index contributed by atoms with van der Waals surface area (Å²) in [6, 6.07) is 12.9. The number of anilines is 1. The number of hydrogen-bond acceptors (Lipinski definition) is 2. The number of aromatic nitrogens is 1. The second kappa shape index (κ2) is 7.28. The van der Waals surface area contributed by atoms with Crippen molar-refractivity contribution >= 4 is 5.82 Å². The fourth-order valence-corrected chi connectivity index (χ4v) is 3.49. The first-order valence-electron chi connectivity index (χ1n) is 8.61. The van der Waals surface area contributed by atoms with Gasteiger partial charge in [0.25, 0.3) is 5.82 Å². The summed E-state index contributed by atoms with van der Waals surface area (Å²) in [4.78, 5) is 3.49. The lowest BCUT2D eigenvalue weighted by molar-refractivity contribution is -0.374. The van der Waals surface area contributed by atoms with E-state index < -0.39 is 0 Å². The molecule has 0 unspecified atom stereocenters. The van der Waals surface area contributed by atoms with Crippen LogP contribution in [-0.4, -0.2) is 6.54 Å². The molecule has 0 spiro atoms. The summed E-state index contributed by atoms with van der Waals surface area (Å²) in [5, 5.41) is 13.1. The van der Waals surface area contributed by atoms with Crippen molar-refractivity contribution in [2.75, 3.05) is 11.9 Å². The van der Waals surface area contributed by atoms with Gasteiger partial charge < -0.3 is 0 Å². The molecular formula is C20H24N3+. The first-order chi connectivity index (χ1) is 11.3. The van der Waals surface area contributed by atoms with Gasteiger partial charge in [-0.1, -0.05) is 37.3 Å². The molecule has 3 heteroatoms. The number of H-pyrrole nitrogens is 1. The minimum atomic E-state index is 0.824. The molecule has 0 atom stereocenters. The van der Waals surface area contributed by atoms with Crippen molar-refractivity contribution in [1.29, 1.82) is 5.26 Å². The molecular weight excluding hydrogens is 282 g/mol. The molecule has 23 heavy (non-hydrogen) atoms. The van der Waals surface area contributed by atoms with Gasteiger partial charge >= 0.3 is 0 Å². The molecule has 118 valence electrons. The SMILES string of the molecule is CCc1[nH+]c(NCCc2ccccc2)c(C#N)c2c1CCCC2. The normalized spacial score (nSPS) is 13.2. The Kier molecular flexibility index (Phi) is 4.92. The molecule has 1 aliphatic rings. The summed E-state index contributed by atoms with van der Waals surface area (Å²) >= 11 is 0. The van der Waals surface area contributed by atoms with E-state index in [1.165, 1.54) is 35.2 Å². The summed E-state index contributed by atoms with van der Waals surface area (Å²) in [6.07, 6.45) is 6.51. The Morgan fingerprint density at radius 3 is 2.57 bits per heavy atom. The second-order valence-electron chi connectivity index (χ2n) is 6.15. The van der Waals surface area contributed by atoms with Crippen molar-refractivity contribution in [3.05, 3.63) is 58.3 Å². The van der Waals surface area contributed by atoms with Gasteiger partial charge in [0.2, 0.25) is 0 Å². The highest BCUT2D eigenvalue weighted by Crippen LogP contribution is 2.28. The number of aryl methyl sites for hydroxylation is 1. The number of nitrogens with one attached hydrogen (secondary N) is 2. The number of nitrogens with zero attached hydrogens (tertiary/aromatic N) is 1. The Labute approximate surface area is 138 Å². The molecule has 0 bridgehead atoms. The van der Waals surface area contributed by atoms with Crippen LogP contribution >= 0.6 is 0 Å². The molecule has 3 rings (SSSR count). The van der Waals surface area contributed by atoms with Crippen LogP contribution in [0.25, 0.3) is 0 Å². The third kappa shape index (κ3) is 3.37. The number of fused-ring (bicyclic) bond motifs is 1. The molecule has 2 N–H and O–H groups in total. The number of rotatable bonds is 5. The Balaban J connectivity index is 1.82. The van der Waals surface area contributed by atoms with Crippen molar-refractivity contribution in [2.24, 2.45) is 0 Å². The average molecular weight is 306 g/mol. The number of nitriles is 1. The maximum Gasteiger partial charge on any atom is 0.290 e. The molecule has 0 fully saturated rings. The minimum absolute atomic E-state index is 0.824. The maximum atomic E-state index is 9.64. The van der Waals surface area contributed by atoms with Crippen molar-refractivity contribution < 1.29 is 4.98 Å². The topological polar surface area (TPSA) is 50.0 Å². The van der Waals surface area contributed by atoms with E-state index in [9.17, 15) is 5.26 Å². The first kappa shape index (κ1) is 15.6. The zero-order chi connectivity index (χ0) is 16.1. The zero-order valence-electron chi connectivity index (χ0n) is 13.8. The summed E-state index contributed by atoms with van der Waals surface area (Å²) in [5.41, 5.74) is 6.10. The summed E-state index contributed by atoms with van der Waals surface area (Å²) in [5.74, 6) is 0.904. The molecule has 0 saturated heterocycles. The standard InChI is InChI=1S/C20H23N3/c1-2-19-17-11-7-6-10-16(17)18(14-21)20(23-19)22-13-12-15-8-4-3-5-9-15/h3-5,8-9H,2,6-7,10-13H2,1H3,(H,22,23)/p+1. The van der Waals surface area contributed by atoms with Gasteiger partial charge in [-0.05, 0) is 42.4 Å². The lowest BCUT2D eigenvalue weighted by atomic mass is 9.87. The Hall–Kier alpha value is -2.34. The Morgan fingerprint density at radius 2 is 1.87 bits per heavy atom. The number of aromatic amines is 1. The third-order valence-electron chi connectivity index (χ3n) is 4.68. The Morgan fingerprint density at radius 1 is 1.13 bits per heavy atom. The van der Waals surface area contributed by atoms with Crippen molar-refractivity contribution in [2.45, 2.75) is 45.4 Å². The molecule has 0 amide bonds. The van der Waals surface area contributed by atoms with Crippen LogP contribution in [0.2, 0.25) is 0 Å². The zero-order valence-corrected chi connectivity index (χ0v) is 13.8. The van der Waals surface area contributed by atoms with Gasteiger partial charge in [-0.15, -0.1) is 0 Å². The molecule has 0 radical (unpaired) electrons. The van der Waals surface area contributed by atoms with Crippen LogP contribution in [0.3, 0.4) is 0 Å². The van der Waals surface area contributed by atoms with Crippen LogP contribution < -0.4 is 10.3 Å². The molecule has 0 saturated carbocycles. The van der Waals surface area contributed by atoms with E-state index in [4.69, 9.17) is 0 Å². The summed E-state index contributed by atoms with van der Waals surface area (Å²) in [6.45, 7) is 3.01. The van der Waals surface area contributed by atoms with E-state index in [0.717, 1.165) is 43.6 Å². The van der Waals surface area contributed by atoms with Crippen LogP contribution in [0.1, 0.15) is 47.7 Å². The maximum absolute atomic E-state index is 9.64. The van der Waals surface area contributed by atoms with Gasteiger partial charge in [-0.2, -0.15) is 5.26 Å². The number of pyridine rings is 1. The quantitative estimate of drug-likeness (QED) is 0.919. The summed E-state index contributed by atoms with van der Waals surface area (Å²) < 4.78 is 0. The molecule has 1 heterocycles. The smallest absolute Gasteiger partial charge is 0.273 e. The molecule has 2 aromatic rings. The lowest BCUT2D eigenvalue weighted by Crippen LogP contribution is -2.26.